The first-order chi connectivity index (χ1) is 16.2. The number of amides is 1. The molecule has 35 heavy (non-hydrogen) atoms. The van der Waals surface area contributed by atoms with Crippen molar-refractivity contribution in [2.75, 3.05) is 0 Å². The molecule has 190 valence electrons. The molecule has 0 aliphatic heterocycles. The number of nitrogens with two attached hydrogens (primary N) is 1. The van der Waals surface area contributed by atoms with Gasteiger partial charge in [0.15, 0.2) is 0 Å². The molecule has 0 fully saturated rings. The van der Waals surface area contributed by atoms with Crippen LogP contribution in [0.2, 0.25) is 0 Å². The fourth-order valence-electron chi connectivity index (χ4n) is 3.23. The van der Waals surface area contributed by atoms with Gasteiger partial charge in [-0.15, -0.1) is 0 Å². The lowest BCUT2D eigenvalue weighted by molar-refractivity contribution is -0.143. The van der Waals surface area contributed by atoms with E-state index in [1.54, 1.807) is 13.8 Å². The summed E-state index contributed by atoms with van der Waals surface area (Å²) in [6.07, 6.45) is -5.47. The molecule has 1 unspecified atom stereocenters. The van der Waals surface area contributed by atoms with E-state index in [1.165, 1.54) is 12.3 Å². The van der Waals surface area contributed by atoms with Crippen molar-refractivity contribution in [3.63, 3.8) is 0 Å². The van der Waals surface area contributed by atoms with Gasteiger partial charge < -0.3 is 5.73 Å². The van der Waals surface area contributed by atoms with Crippen molar-refractivity contribution in [1.29, 1.82) is 0 Å². The number of hydrogen-bond acceptors (Lipinski definition) is 4. The molecule has 0 aliphatic rings. The molecule has 0 saturated carbocycles. The molecule has 0 aliphatic carbocycles. The number of carbonyl (C=O) groups is 1. The molecule has 2 atom stereocenters. The Hall–Kier alpha value is -3.41. The van der Waals surface area contributed by atoms with Gasteiger partial charge >= 0.3 is 12.4 Å². The molecule has 1 aromatic carbocycles. The zero-order valence-electron chi connectivity index (χ0n) is 18.7. The van der Waals surface area contributed by atoms with Gasteiger partial charge in [0.25, 0.3) is 5.91 Å². The van der Waals surface area contributed by atoms with Crippen molar-refractivity contribution in [2.45, 2.75) is 38.7 Å². The largest absolute Gasteiger partial charge is 0.416 e. The van der Waals surface area contributed by atoms with Gasteiger partial charge in [-0.1, -0.05) is 26.8 Å². The highest BCUT2D eigenvalue weighted by molar-refractivity contribution is 6.18. The minimum absolute atomic E-state index is 0.0414. The summed E-state index contributed by atoms with van der Waals surface area (Å²) in [4.78, 5) is 15.6. The number of primary amides is 1. The Balaban J connectivity index is 2.61. The second kappa shape index (κ2) is 10.9. The second-order valence-electron chi connectivity index (χ2n) is 7.68. The van der Waals surface area contributed by atoms with Crippen LogP contribution in [0, 0.1) is 11.7 Å². The molecule has 0 bridgehead atoms. The second-order valence-corrected chi connectivity index (χ2v) is 7.68. The van der Waals surface area contributed by atoms with Crippen LogP contribution in [-0.2, 0) is 17.1 Å². The van der Waals surface area contributed by atoms with Gasteiger partial charge in [-0.25, -0.2) is 9.82 Å². The number of hydrogen-bond donors (Lipinski definition) is 2. The van der Waals surface area contributed by atoms with Crippen molar-refractivity contribution in [3.8, 4) is 0 Å². The first-order valence-corrected chi connectivity index (χ1v) is 10.3. The molecule has 0 spiro atoms. The van der Waals surface area contributed by atoms with Gasteiger partial charge in [-0.2, -0.15) is 26.3 Å². The molecular weight excluding hydrogens is 481 g/mol. The van der Waals surface area contributed by atoms with Crippen molar-refractivity contribution >= 4 is 11.5 Å². The summed E-state index contributed by atoms with van der Waals surface area (Å²) in [5.74, 6) is -2.39. The number of aromatic nitrogens is 1. The maximum atomic E-state index is 14.2. The number of carbonyl (C=O) groups excluding carboxylic acids is 1. The van der Waals surface area contributed by atoms with Gasteiger partial charge in [0, 0.05) is 24.2 Å². The highest BCUT2D eigenvalue weighted by Gasteiger charge is 2.38. The summed E-state index contributed by atoms with van der Waals surface area (Å²) in [6.45, 7) is 6.86. The SMILES string of the molecule is C=CN(/C=C(/C(N)=O)c1ccncc1F)NC(c1cc(C(F)(F)F)cc(C(F)(F)F)c1)[C@H](C)CC. The lowest BCUT2D eigenvalue weighted by Gasteiger charge is -2.31. The summed E-state index contributed by atoms with van der Waals surface area (Å²) in [5.41, 5.74) is 4.37. The summed E-state index contributed by atoms with van der Waals surface area (Å²) in [6, 6.07) is 1.39. The molecule has 5 nitrogen and oxygen atoms in total. The van der Waals surface area contributed by atoms with Crippen molar-refractivity contribution in [3.05, 3.63) is 83.7 Å². The van der Waals surface area contributed by atoms with Gasteiger partial charge in [0.2, 0.25) is 0 Å². The first-order valence-electron chi connectivity index (χ1n) is 10.3. The average Bonchev–Trinajstić information content (AvgIpc) is 2.78. The minimum atomic E-state index is -5.02. The zero-order chi connectivity index (χ0) is 26.6. The predicted octanol–water partition coefficient (Wildman–Crippen LogP) is 5.82. The third-order valence-corrected chi connectivity index (χ3v) is 5.26. The summed E-state index contributed by atoms with van der Waals surface area (Å²) in [5, 5.41) is 1.03. The average molecular weight is 504 g/mol. The fraction of sp³-hybridized carbons (Fsp3) is 0.304. The van der Waals surface area contributed by atoms with Crippen molar-refractivity contribution in [2.24, 2.45) is 11.7 Å². The molecule has 12 heteroatoms. The topological polar surface area (TPSA) is 71.2 Å². The van der Waals surface area contributed by atoms with Crippen LogP contribution in [-0.4, -0.2) is 15.9 Å². The fourth-order valence-corrected chi connectivity index (χ4v) is 3.23. The van der Waals surface area contributed by atoms with Crippen molar-refractivity contribution < 1.29 is 35.5 Å². The van der Waals surface area contributed by atoms with E-state index in [0.29, 0.717) is 18.6 Å². The summed E-state index contributed by atoms with van der Waals surface area (Å²) < 4.78 is 94.5. The summed E-state index contributed by atoms with van der Waals surface area (Å²) in [7, 11) is 0. The molecular formula is C23H23F7N4O. The Morgan fingerprint density at radius 2 is 1.74 bits per heavy atom. The van der Waals surface area contributed by atoms with E-state index >= 15 is 0 Å². The maximum Gasteiger partial charge on any atom is 0.416 e. The molecule has 1 amide bonds. The Morgan fingerprint density at radius 3 is 2.17 bits per heavy atom. The Labute approximate surface area is 197 Å². The number of benzene rings is 1. The number of rotatable bonds is 9. The number of nitrogens with zero attached hydrogens (tertiary/aromatic N) is 2. The normalized spacial score (nSPS) is 14.4. The lowest BCUT2D eigenvalue weighted by Crippen LogP contribution is -2.37. The van der Waals surface area contributed by atoms with E-state index in [4.69, 9.17) is 5.73 Å². The van der Waals surface area contributed by atoms with E-state index in [9.17, 15) is 35.5 Å². The number of pyridine rings is 1. The highest BCUT2D eigenvalue weighted by Crippen LogP contribution is 2.39. The van der Waals surface area contributed by atoms with E-state index in [2.05, 4.69) is 17.0 Å². The smallest absolute Gasteiger partial charge is 0.366 e. The maximum absolute atomic E-state index is 14.2. The molecule has 0 radical (unpaired) electrons. The molecule has 1 heterocycles. The van der Waals surface area contributed by atoms with Crippen LogP contribution in [0.4, 0.5) is 30.7 Å². The van der Waals surface area contributed by atoms with Crippen LogP contribution in [0.25, 0.3) is 5.57 Å². The van der Waals surface area contributed by atoms with Crippen molar-refractivity contribution in [1.82, 2.24) is 15.4 Å². The molecule has 2 aromatic rings. The first kappa shape index (κ1) is 27.8. The zero-order valence-corrected chi connectivity index (χ0v) is 18.7. The number of hydrazine groups is 1. The third kappa shape index (κ3) is 7.04. The quantitative estimate of drug-likeness (QED) is 0.257. The summed E-state index contributed by atoms with van der Waals surface area (Å²) >= 11 is 0. The molecule has 2 rings (SSSR count). The van der Waals surface area contributed by atoms with Gasteiger partial charge in [0.1, 0.15) is 5.82 Å². The Kier molecular flexibility index (Phi) is 8.66. The predicted molar refractivity (Wildman–Crippen MR) is 115 cm³/mol. The van der Waals surface area contributed by atoms with E-state index in [-0.39, 0.29) is 22.8 Å². The lowest BCUT2D eigenvalue weighted by atomic mass is 9.90. The number of halogens is 7. The molecule has 0 saturated heterocycles. The van der Waals surface area contributed by atoms with E-state index in [1.807, 2.05) is 0 Å². The standard InChI is InChI=1S/C23H23F7N4O/c1-4-13(3)20(14-8-15(22(25,26)27)10-16(9-14)23(28,29)30)33-34(5-2)12-18(21(31)35)17-6-7-32-11-19(17)24/h5-13,20,33H,2,4H2,1,3H3,(H2,31,35)/b18-12+/t13-,20?/m1/s1. The van der Waals surface area contributed by atoms with Crippen LogP contribution >= 0.6 is 0 Å². The van der Waals surface area contributed by atoms with Gasteiger partial charge in [-0.3, -0.25) is 14.8 Å². The van der Waals surface area contributed by atoms with Crippen LogP contribution < -0.4 is 11.2 Å². The Morgan fingerprint density at radius 1 is 1.17 bits per heavy atom. The Bertz CT molecular complexity index is 1060. The van der Waals surface area contributed by atoms with E-state index < -0.39 is 47.2 Å². The van der Waals surface area contributed by atoms with Gasteiger partial charge in [0.05, 0.1) is 28.9 Å². The van der Waals surface area contributed by atoms with Crippen LogP contribution in [0.3, 0.4) is 0 Å². The van der Waals surface area contributed by atoms with E-state index in [0.717, 1.165) is 23.6 Å². The third-order valence-electron chi connectivity index (χ3n) is 5.26. The number of alkyl halides is 6. The van der Waals surface area contributed by atoms with Crippen LogP contribution in [0.5, 0.6) is 0 Å². The molecule has 3 N–H and O–H groups in total. The van der Waals surface area contributed by atoms with Gasteiger partial charge in [-0.05, 0) is 35.7 Å². The number of nitrogens with one attached hydrogen (secondary N) is 1. The monoisotopic (exact) mass is 504 g/mol. The minimum Gasteiger partial charge on any atom is -0.366 e. The highest BCUT2D eigenvalue weighted by atomic mass is 19.4. The molecule has 1 aromatic heterocycles. The van der Waals surface area contributed by atoms with Crippen LogP contribution in [0.1, 0.15) is 48.6 Å². The van der Waals surface area contributed by atoms with Crippen LogP contribution in [0.15, 0.2) is 55.6 Å².